The van der Waals surface area contributed by atoms with Gasteiger partial charge in [0.1, 0.15) is 5.75 Å². The van der Waals surface area contributed by atoms with Gasteiger partial charge < -0.3 is 4.74 Å². The van der Waals surface area contributed by atoms with E-state index in [2.05, 4.69) is 4.72 Å². The zero-order chi connectivity index (χ0) is 15.5. The van der Waals surface area contributed by atoms with Crippen molar-refractivity contribution in [3.05, 3.63) is 58.6 Å². The molecule has 21 heavy (non-hydrogen) atoms. The van der Waals surface area contributed by atoms with Crippen LogP contribution in [0.5, 0.6) is 11.5 Å². The summed E-state index contributed by atoms with van der Waals surface area (Å²) in [5, 5.41) is 10.8. The fraction of sp³-hybridized carbons (Fsp3) is 0.0769. The average Bonchev–Trinajstić information content (AvgIpc) is 2.40. The van der Waals surface area contributed by atoms with Gasteiger partial charge in [-0.2, -0.15) is 0 Å². The van der Waals surface area contributed by atoms with E-state index in [1.807, 2.05) is 0 Å². The van der Waals surface area contributed by atoms with Crippen molar-refractivity contribution in [1.29, 1.82) is 0 Å². The number of nitro benzene ring substituents is 1. The molecule has 0 aliphatic rings. The number of sulfonamides is 1. The Hall–Kier alpha value is -2.61. The molecular weight excluding hydrogens is 296 g/mol. The summed E-state index contributed by atoms with van der Waals surface area (Å²) in [6.07, 6.45) is 0.956. The van der Waals surface area contributed by atoms with E-state index in [0.29, 0.717) is 5.75 Å². The first-order valence-electron chi connectivity index (χ1n) is 5.84. The molecule has 0 bridgehead atoms. The number of nitro groups is 1. The Morgan fingerprint density at radius 3 is 2.38 bits per heavy atom. The summed E-state index contributed by atoms with van der Waals surface area (Å²) in [6.45, 7) is 0. The third-order valence-electron chi connectivity index (χ3n) is 2.44. The number of ether oxygens (including phenoxy) is 1. The summed E-state index contributed by atoms with van der Waals surface area (Å²) in [5.41, 5.74) is -0.225. The highest BCUT2D eigenvalue weighted by Crippen LogP contribution is 2.33. The Morgan fingerprint density at radius 1 is 1.14 bits per heavy atom. The fourth-order valence-electron chi connectivity index (χ4n) is 1.62. The minimum Gasteiger partial charge on any atom is -0.455 e. The number of hydrogen-bond donors (Lipinski definition) is 1. The molecule has 0 saturated carbocycles. The van der Waals surface area contributed by atoms with Gasteiger partial charge in [-0.1, -0.05) is 18.2 Å². The zero-order valence-electron chi connectivity index (χ0n) is 11.0. The van der Waals surface area contributed by atoms with Crippen LogP contribution in [0.25, 0.3) is 0 Å². The molecule has 110 valence electrons. The van der Waals surface area contributed by atoms with E-state index in [-0.39, 0.29) is 17.1 Å². The van der Waals surface area contributed by atoms with Gasteiger partial charge >= 0.3 is 0 Å². The number of benzene rings is 2. The van der Waals surface area contributed by atoms with Crippen LogP contribution in [-0.2, 0) is 10.0 Å². The fourth-order valence-corrected chi connectivity index (χ4v) is 2.17. The van der Waals surface area contributed by atoms with Crippen molar-refractivity contribution in [2.24, 2.45) is 0 Å². The molecule has 0 heterocycles. The van der Waals surface area contributed by atoms with E-state index in [4.69, 9.17) is 4.74 Å². The number of non-ortho nitro benzene ring substituents is 1. The summed E-state index contributed by atoms with van der Waals surface area (Å²) in [5.74, 6) is 0.667. The van der Waals surface area contributed by atoms with Crippen LogP contribution in [0, 0.1) is 10.1 Å². The molecule has 1 N–H and O–H groups in total. The number of anilines is 1. The highest BCUT2D eigenvalue weighted by Gasteiger charge is 2.15. The zero-order valence-corrected chi connectivity index (χ0v) is 11.8. The Labute approximate surface area is 121 Å². The standard InChI is InChI=1S/C13H12N2O5S/c1-21(18,19)14-12-9-10(15(16)17)7-8-13(12)20-11-5-3-2-4-6-11/h2-9,14H,1H3. The molecule has 2 aromatic rings. The number of rotatable bonds is 5. The van der Waals surface area contributed by atoms with Crippen molar-refractivity contribution in [3.63, 3.8) is 0 Å². The first kappa shape index (κ1) is 14.8. The monoisotopic (exact) mass is 308 g/mol. The first-order valence-corrected chi connectivity index (χ1v) is 7.73. The van der Waals surface area contributed by atoms with Crippen LogP contribution in [0.3, 0.4) is 0 Å². The van der Waals surface area contributed by atoms with Gasteiger partial charge in [-0.25, -0.2) is 8.42 Å². The van der Waals surface area contributed by atoms with Gasteiger partial charge in [-0.3, -0.25) is 14.8 Å². The van der Waals surface area contributed by atoms with E-state index < -0.39 is 14.9 Å². The Kier molecular flexibility index (Phi) is 4.08. The summed E-state index contributed by atoms with van der Waals surface area (Å²) < 4.78 is 30.4. The lowest BCUT2D eigenvalue weighted by Crippen LogP contribution is -2.10. The van der Waals surface area contributed by atoms with Gasteiger partial charge in [-0.15, -0.1) is 0 Å². The van der Waals surface area contributed by atoms with Crippen LogP contribution in [-0.4, -0.2) is 19.6 Å². The lowest BCUT2D eigenvalue weighted by molar-refractivity contribution is -0.384. The number of nitrogens with zero attached hydrogens (tertiary/aromatic N) is 1. The lowest BCUT2D eigenvalue weighted by atomic mass is 10.2. The van der Waals surface area contributed by atoms with Gasteiger partial charge in [0.15, 0.2) is 5.75 Å². The maximum atomic E-state index is 11.3. The molecular formula is C13H12N2O5S. The maximum absolute atomic E-state index is 11.3. The van der Waals surface area contributed by atoms with Crippen LogP contribution < -0.4 is 9.46 Å². The third kappa shape index (κ3) is 4.18. The van der Waals surface area contributed by atoms with Gasteiger partial charge in [0.2, 0.25) is 10.0 Å². The highest BCUT2D eigenvalue weighted by molar-refractivity contribution is 7.92. The minimum absolute atomic E-state index is 0.00977. The Morgan fingerprint density at radius 2 is 1.81 bits per heavy atom. The van der Waals surface area contributed by atoms with Gasteiger partial charge in [-0.05, 0) is 18.2 Å². The second-order valence-electron chi connectivity index (χ2n) is 4.23. The van der Waals surface area contributed by atoms with Crippen LogP contribution in [0.2, 0.25) is 0 Å². The van der Waals surface area contributed by atoms with E-state index in [1.165, 1.54) is 12.1 Å². The van der Waals surface area contributed by atoms with Crippen molar-refractivity contribution < 1.29 is 18.1 Å². The van der Waals surface area contributed by atoms with E-state index in [9.17, 15) is 18.5 Å². The number of nitrogens with one attached hydrogen (secondary N) is 1. The van der Waals surface area contributed by atoms with E-state index in [0.717, 1.165) is 12.3 Å². The molecule has 7 nitrogen and oxygen atoms in total. The molecule has 0 aliphatic heterocycles. The van der Waals surface area contributed by atoms with Crippen molar-refractivity contribution >= 4 is 21.4 Å². The summed E-state index contributed by atoms with van der Waals surface area (Å²) in [6, 6.07) is 12.4. The van der Waals surface area contributed by atoms with Crippen molar-refractivity contribution in [1.82, 2.24) is 0 Å². The largest absolute Gasteiger partial charge is 0.455 e. The molecule has 0 unspecified atom stereocenters. The van der Waals surface area contributed by atoms with Crippen molar-refractivity contribution in [2.75, 3.05) is 11.0 Å². The van der Waals surface area contributed by atoms with E-state index >= 15 is 0 Å². The van der Waals surface area contributed by atoms with Crippen LogP contribution in [0.4, 0.5) is 11.4 Å². The van der Waals surface area contributed by atoms with Crippen LogP contribution >= 0.6 is 0 Å². The topological polar surface area (TPSA) is 98.5 Å². The minimum atomic E-state index is -3.59. The predicted octanol–water partition coefficient (Wildman–Crippen LogP) is 2.76. The smallest absolute Gasteiger partial charge is 0.271 e. The lowest BCUT2D eigenvalue weighted by Gasteiger charge is -2.11. The molecule has 0 spiro atoms. The van der Waals surface area contributed by atoms with Gasteiger partial charge in [0.25, 0.3) is 5.69 Å². The number of hydrogen-bond acceptors (Lipinski definition) is 5. The van der Waals surface area contributed by atoms with Crippen molar-refractivity contribution in [3.8, 4) is 11.5 Å². The van der Waals surface area contributed by atoms with Gasteiger partial charge in [0, 0.05) is 12.1 Å². The molecule has 0 radical (unpaired) electrons. The average molecular weight is 308 g/mol. The third-order valence-corrected chi connectivity index (χ3v) is 3.03. The number of para-hydroxylation sites is 1. The SMILES string of the molecule is CS(=O)(=O)Nc1cc([N+](=O)[O-])ccc1Oc1ccccc1. The second kappa shape index (κ2) is 5.80. The van der Waals surface area contributed by atoms with Crippen LogP contribution in [0.1, 0.15) is 0 Å². The Balaban J connectivity index is 2.41. The molecule has 0 fully saturated rings. The van der Waals surface area contributed by atoms with Crippen LogP contribution in [0.15, 0.2) is 48.5 Å². The molecule has 0 atom stereocenters. The van der Waals surface area contributed by atoms with Crippen molar-refractivity contribution in [2.45, 2.75) is 0 Å². The molecule has 0 aromatic heterocycles. The summed E-state index contributed by atoms with van der Waals surface area (Å²) in [4.78, 5) is 10.2. The Bertz CT molecular complexity index is 759. The maximum Gasteiger partial charge on any atom is 0.271 e. The normalized spacial score (nSPS) is 10.9. The molecule has 2 aromatic carbocycles. The molecule has 0 aliphatic carbocycles. The van der Waals surface area contributed by atoms with E-state index in [1.54, 1.807) is 30.3 Å². The summed E-state index contributed by atoms with van der Waals surface area (Å²) >= 11 is 0. The molecule has 2 rings (SSSR count). The predicted molar refractivity (Wildman–Crippen MR) is 78.1 cm³/mol. The first-order chi connectivity index (χ1) is 9.85. The quantitative estimate of drug-likeness (QED) is 0.676. The molecule has 8 heteroatoms. The summed E-state index contributed by atoms with van der Waals surface area (Å²) in [7, 11) is -3.59. The highest BCUT2D eigenvalue weighted by atomic mass is 32.2. The van der Waals surface area contributed by atoms with Gasteiger partial charge in [0.05, 0.1) is 16.9 Å². The second-order valence-corrected chi connectivity index (χ2v) is 5.98. The molecule has 0 amide bonds. The molecule has 0 saturated heterocycles.